The Morgan fingerprint density at radius 1 is 1.43 bits per heavy atom. The fourth-order valence-corrected chi connectivity index (χ4v) is 1.50. The number of benzene rings is 1. The maximum atomic E-state index is 9.43. The molecule has 1 aliphatic heterocycles. The largest absolute Gasteiger partial charge is 0.504 e. The molecule has 0 saturated carbocycles. The van der Waals surface area contributed by atoms with Crippen molar-refractivity contribution in [1.29, 1.82) is 0 Å². The molecule has 0 aromatic heterocycles. The Kier molecular flexibility index (Phi) is 2.89. The van der Waals surface area contributed by atoms with Crippen molar-refractivity contribution in [3.05, 3.63) is 24.3 Å². The van der Waals surface area contributed by atoms with Gasteiger partial charge in [0.1, 0.15) is 0 Å². The molecule has 1 unspecified atom stereocenters. The molecule has 1 heterocycles. The van der Waals surface area contributed by atoms with E-state index in [1.54, 1.807) is 18.2 Å². The standard InChI is InChI=1S/C11H14O3/c12-10-3-1-2-4-11(10)14-8-9-5-6-13-7-9/h1-4,9,12H,5-8H2. The Morgan fingerprint density at radius 2 is 2.29 bits per heavy atom. The lowest BCUT2D eigenvalue weighted by Crippen LogP contribution is -2.11. The molecule has 1 atom stereocenters. The van der Waals surface area contributed by atoms with Gasteiger partial charge in [0.15, 0.2) is 11.5 Å². The van der Waals surface area contributed by atoms with Crippen LogP contribution in [0, 0.1) is 5.92 Å². The number of para-hydroxylation sites is 2. The summed E-state index contributed by atoms with van der Waals surface area (Å²) in [5.74, 6) is 1.22. The molecule has 3 heteroatoms. The third-order valence-corrected chi connectivity index (χ3v) is 2.36. The molecular formula is C11H14O3. The average molecular weight is 194 g/mol. The van der Waals surface area contributed by atoms with Crippen molar-refractivity contribution in [1.82, 2.24) is 0 Å². The first kappa shape index (κ1) is 9.34. The first-order valence-electron chi connectivity index (χ1n) is 4.85. The maximum Gasteiger partial charge on any atom is 0.160 e. The maximum absolute atomic E-state index is 9.43. The second-order valence-electron chi connectivity index (χ2n) is 3.51. The van der Waals surface area contributed by atoms with Gasteiger partial charge in [-0.2, -0.15) is 0 Å². The van der Waals surface area contributed by atoms with Crippen molar-refractivity contribution < 1.29 is 14.6 Å². The second-order valence-corrected chi connectivity index (χ2v) is 3.51. The Morgan fingerprint density at radius 3 is 3.00 bits per heavy atom. The molecule has 0 aliphatic carbocycles. The summed E-state index contributed by atoms with van der Waals surface area (Å²) >= 11 is 0. The van der Waals surface area contributed by atoms with E-state index in [2.05, 4.69) is 0 Å². The van der Waals surface area contributed by atoms with Gasteiger partial charge in [0.25, 0.3) is 0 Å². The van der Waals surface area contributed by atoms with Gasteiger partial charge in [0.2, 0.25) is 0 Å². The molecule has 3 nitrogen and oxygen atoms in total. The molecule has 1 fully saturated rings. The number of hydrogen-bond donors (Lipinski definition) is 1. The van der Waals surface area contributed by atoms with Crippen LogP contribution < -0.4 is 4.74 Å². The van der Waals surface area contributed by atoms with E-state index in [0.717, 1.165) is 19.6 Å². The van der Waals surface area contributed by atoms with E-state index in [4.69, 9.17) is 9.47 Å². The van der Waals surface area contributed by atoms with Gasteiger partial charge in [-0.15, -0.1) is 0 Å². The Hall–Kier alpha value is -1.22. The van der Waals surface area contributed by atoms with Crippen molar-refractivity contribution in [3.63, 3.8) is 0 Å². The molecule has 1 N–H and O–H groups in total. The minimum atomic E-state index is 0.200. The van der Waals surface area contributed by atoms with Gasteiger partial charge in [0, 0.05) is 12.5 Å². The van der Waals surface area contributed by atoms with E-state index in [1.807, 2.05) is 6.07 Å². The Balaban J connectivity index is 1.88. The molecule has 1 aromatic carbocycles. The molecule has 0 bridgehead atoms. The van der Waals surface area contributed by atoms with E-state index < -0.39 is 0 Å². The molecular weight excluding hydrogens is 180 g/mol. The zero-order valence-corrected chi connectivity index (χ0v) is 7.98. The summed E-state index contributed by atoms with van der Waals surface area (Å²) in [7, 11) is 0. The van der Waals surface area contributed by atoms with E-state index >= 15 is 0 Å². The van der Waals surface area contributed by atoms with Crippen LogP contribution in [0.15, 0.2) is 24.3 Å². The number of ether oxygens (including phenoxy) is 2. The van der Waals surface area contributed by atoms with Crippen LogP contribution in [-0.2, 0) is 4.74 Å². The molecule has 1 aliphatic rings. The van der Waals surface area contributed by atoms with E-state index in [1.165, 1.54) is 0 Å². The Bertz CT molecular complexity index is 292. The van der Waals surface area contributed by atoms with Crippen molar-refractivity contribution in [2.45, 2.75) is 6.42 Å². The lowest BCUT2D eigenvalue weighted by atomic mass is 10.1. The molecule has 2 rings (SSSR count). The molecule has 0 spiro atoms. The fourth-order valence-electron chi connectivity index (χ4n) is 1.50. The van der Waals surface area contributed by atoms with Crippen LogP contribution in [0.25, 0.3) is 0 Å². The highest BCUT2D eigenvalue weighted by molar-refractivity contribution is 5.37. The van der Waals surface area contributed by atoms with Crippen molar-refractivity contribution >= 4 is 0 Å². The number of aromatic hydroxyl groups is 1. The van der Waals surface area contributed by atoms with Gasteiger partial charge in [-0.25, -0.2) is 0 Å². The topological polar surface area (TPSA) is 38.7 Å². The first-order chi connectivity index (χ1) is 6.86. The lowest BCUT2D eigenvalue weighted by molar-refractivity contribution is 0.166. The summed E-state index contributed by atoms with van der Waals surface area (Å²) < 4.78 is 10.7. The van der Waals surface area contributed by atoms with Crippen LogP contribution in [0.5, 0.6) is 11.5 Å². The Labute approximate surface area is 83.3 Å². The first-order valence-corrected chi connectivity index (χ1v) is 4.85. The third-order valence-electron chi connectivity index (χ3n) is 2.36. The minimum Gasteiger partial charge on any atom is -0.504 e. The molecule has 1 saturated heterocycles. The van der Waals surface area contributed by atoms with Crippen LogP contribution in [0.1, 0.15) is 6.42 Å². The summed E-state index contributed by atoms with van der Waals surface area (Å²) in [6.07, 6.45) is 1.05. The molecule has 0 radical (unpaired) electrons. The summed E-state index contributed by atoms with van der Waals surface area (Å²) in [6.45, 7) is 2.22. The van der Waals surface area contributed by atoms with E-state index in [0.29, 0.717) is 18.3 Å². The van der Waals surface area contributed by atoms with Crippen LogP contribution in [0.4, 0.5) is 0 Å². The molecule has 1 aromatic rings. The van der Waals surface area contributed by atoms with Crippen LogP contribution in [-0.4, -0.2) is 24.9 Å². The smallest absolute Gasteiger partial charge is 0.160 e. The van der Waals surface area contributed by atoms with E-state index in [-0.39, 0.29) is 5.75 Å². The zero-order valence-electron chi connectivity index (χ0n) is 7.98. The van der Waals surface area contributed by atoms with Crippen molar-refractivity contribution in [3.8, 4) is 11.5 Å². The number of hydrogen-bond acceptors (Lipinski definition) is 3. The van der Waals surface area contributed by atoms with Crippen LogP contribution >= 0.6 is 0 Å². The normalized spacial score (nSPS) is 21.0. The van der Waals surface area contributed by atoms with Crippen molar-refractivity contribution in [2.24, 2.45) is 5.92 Å². The lowest BCUT2D eigenvalue weighted by Gasteiger charge is -2.10. The fraction of sp³-hybridized carbons (Fsp3) is 0.455. The predicted molar refractivity (Wildman–Crippen MR) is 52.5 cm³/mol. The minimum absolute atomic E-state index is 0.200. The average Bonchev–Trinajstić information content (AvgIpc) is 2.69. The number of phenols is 1. The summed E-state index contributed by atoms with van der Waals surface area (Å²) in [6, 6.07) is 7.02. The number of phenolic OH excluding ortho intramolecular Hbond substituents is 1. The number of rotatable bonds is 3. The molecule has 0 amide bonds. The van der Waals surface area contributed by atoms with Gasteiger partial charge < -0.3 is 14.6 Å². The van der Waals surface area contributed by atoms with E-state index in [9.17, 15) is 5.11 Å². The second kappa shape index (κ2) is 4.33. The predicted octanol–water partition coefficient (Wildman–Crippen LogP) is 1.81. The van der Waals surface area contributed by atoms with Crippen molar-refractivity contribution in [2.75, 3.05) is 19.8 Å². The SMILES string of the molecule is Oc1ccccc1OCC1CCOC1. The summed E-state index contributed by atoms with van der Waals surface area (Å²) in [4.78, 5) is 0. The van der Waals surface area contributed by atoms with Gasteiger partial charge in [-0.3, -0.25) is 0 Å². The van der Waals surface area contributed by atoms with Gasteiger partial charge in [0.05, 0.1) is 13.2 Å². The highest BCUT2D eigenvalue weighted by Gasteiger charge is 2.16. The van der Waals surface area contributed by atoms with Gasteiger partial charge in [-0.1, -0.05) is 12.1 Å². The summed E-state index contributed by atoms with van der Waals surface area (Å²) in [5, 5.41) is 9.43. The quantitative estimate of drug-likeness (QED) is 0.797. The molecule has 76 valence electrons. The summed E-state index contributed by atoms with van der Waals surface area (Å²) in [5.41, 5.74) is 0. The monoisotopic (exact) mass is 194 g/mol. The highest BCUT2D eigenvalue weighted by atomic mass is 16.5. The highest BCUT2D eigenvalue weighted by Crippen LogP contribution is 2.25. The zero-order chi connectivity index (χ0) is 9.80. The van der Waals surface area contributed by atoms with Crippen LogP contribution in [0.2, 0.25) is 0 Å². The third kappa shape index (κ3) is 2.17. The molecule has 14 heavy (non-hydrogen) atoms. The van der Waals surface area contributed by atoms with Gasteiger partial charge >= 0.3 is 0 Å². The van der Waals surface area contributed by atoms with Crippen LogP contribution in [0.3, 0.4) is 0 Å². The van der Waals surface area contributed by atoms with Gasteiger partial charge in [-0.05, 0) is 18.6 Å².